The number of ether oxygens (including phenoxy) is 1. The van der Waals surface area contributed by atoms with Gasteiger partial charge in [-0.1, -0.05) is 30.3 Å². The number of carbonyl (C=O) groups excluding carboxylic acids is 1. The van der Waals surface area contributed by atoms with E-state index in [0.29, 0.717) is 6.42 Å². The number of carbonyl (C=O) groups is 1. The van der Waals surface area contributed by atoms with Gasteiger partial charge in [0.15, 0.2) is 0 Å². The van der Waals surface area contributed by atoms with Crippen LogP contribution in [0.15, 0.2) is 30.3 Å². The Labute approximate surface area is 118 Å². The van der Waals surface area contributed by atoms with Gasteiger partial charge >= 0.3 is 6.09 Å². The molecule has 1 heterocycles. The molecule has 0 spiro atoms. The van der Waals surface area contributed by atoms with Crippen molar-refractivity contribution in [3.63, 3.8) is 0 Å². The van der Waals surface area contributed by atoms with Crippen molar-refractivity contribution in [2.75, 3.05) is 6.54 Å². The smallest absolute Gasteiger partial charge is 0.410 e. The molecule has 0 aromatic heterocycles. The molecule has 2 atom stereocenters. The van der Waals surface area contributed by atoms with E-state index in [1.165, 1.54) is 4.90 Å². The second-order valence-corrected chi connectivity index (χ2v) is 5.75. The van der Waals surface area contributed by atoms with Gasteiger partial charge in [0.25, 0.3) is 0 Å². The van der Waals surface area contributed by atoms with Crippen LogP contribution in [-0.2, 0) is 11.3 Å². The number of rotatable bonds is 3. The summed E-state index contributed by atoms with van der Waals surface area (Å²) in [4.78, 5) is 13.5. The first-order valence-electron chi connectivity index (χ1n) is 6.75. The maximum Gasteiger partial charge on any atom is 0.410 e. The van der Waals surface area contributed by atoms with Crippen LogP contribution in [0.4, 0.5) is 4.79 Å². The fourth-order valence-electron chi connectivity index (χ4n) is 2.49. The Balaban J connectivity index is 1.97. The van der Waals surface area contributed by atoms with Gasteiger partial charge in [-0.2, -0.15) is 0 Å². The van der Waals surface area contributed by atoms with E-state index in [4.69, 9.17) is 4.74 Å². The quantitative estimate of drug-likeness (QED) is 0.880. The van der Waals surface area contributed by atoms with Crippen molar-refractivity contribution < 1.29 is 19.7 Å². The maximum atomic E-state index is 12.1. The lowest BCUT2D eigenvalue weighted by atomic mass is 9.96. The minimum absolute atomic E-state index is 0.185. The lowest BCUT2D eigenvalue weighted by Crippen LogP contribution is -2.48. The van der Waals surface area contributed by atoms with E-state index < -0.39 is 23.8 Å². The first-order valence-corrected chi connectivity index (χ1v) is 6.75. The standard InChI is InChI=1S/C15H21NO4/c1-15(2,19)13-8-12(17)9-16(13)14(18)20-10-11-6-4-3-5-7-11/h3-7,12-13,17,19H,8-10H2,1-2H3/t12-,13+/m0/s1. The number of amides is 1. The van der Waals surface area contributed by atoms with Crippen LogP contribution in [0.2, 0.25) is 0 Å². The van der Waals surface area contributed by atoms with Gasteiger partial charge in [-0.15, -0.1) is 0 Å². The highest BCUT2D eigenvalue weighted by Crippen LogP contribution is 2.27. The van der Waals surface area contributed by atoms with Crippen LogP contribution in [0.25, 0.3) is 0 Å². The van der Waals surface area contributed by atoms with Crippen molar-refractivity contribution in [2.24, 2.45) is 0 Å². The Morgan fingerprint density at radius 3 is 2.65 bits per heavy atom. The molecule has 0 radical (unpaired) electrons. The molecule has 0 unspecified atom stereocenters. The highest BCUT2D eigenvalue weighted by molar-refractivity contribution is 5.68. The average Bonchev–Trinajstić information content (AvgIpc) is 2.79. The third-order valence-corrected chi connectivity index (χ3v) is 3.53. The van der Waals surface area contributed by atoms with E-state index in [1.807, 2.05) is 30.3 Å². The van der Waals surface area contributed by atoms with Crippen LogP contribution < -0.4 is 0 Å². The topological polar surface area (TPSA) is 70.0 Å². The summed E-state index contributed by atoms with van der Waals surface area (Å²) in [6, 6.07) is 8.97. The van der Waals surface area contributed by atoms with Crippen LogP contribution in [0, 0.1) is 0 Å². The lowest BCUT2D eigenvalue weighted by Gasteiger charge is -2.32. The Bertz CT molecular complexity index is 455. The van der Waals surface area contributed by atoms with Crippen molar-refractivity contribution >= 4 is 6.09 Å². The second-order valence-electron chi connectivity index (χ2n) is 5.75. The number of β-amino-alcohol motifs (C(OH)–C–C–N with tert-alkyl or cyclic N) is 1. The largest absolute Gasteiger partial charge is 0.445 e. The predicted octanol–water partition coefficient (Wildman–Crippen LogP) is 1.53. The normalized spacial score (nSPS) is 22.9. The molecule has 1 aliphatic rings. The Morgan fingerprint density at radius 1 is 1.40 bits per heavy atom. The van der Waals surface area contributed by atoms with Crippen LogP contribution in [0.1, 0.15) is 25.8 Å². The van der Waals surface area contributed by atoms with E-state index in [2.05, 4.69) is 0 Å². The van der Waals surface area contributed by atoms with Gasteiger partial charge in [0.1, 0.15) is 6.61 Å². The number of aliphatic hydroxyl groups excluding tert-OH is 1. The van der Waals surface area contributed by atoms with Crippen LogP contribution in [-0.4, -0.2) is 45.5 Å². The molecule has 0 saturated carbocycles. The molecule has 5 heteroatoms. The van der Waals surface area contributed by atoms with Crippen LogP contribution in [0.5, 0.6) is 0 Å². The molecule has 110 valence electrons. The molecule has 1 fully saturated rings. The molecular weight excluding hydrogens is 258 g/mol. The fourth-order valence-corrected chi connectivity index (χ4v) is 2.49. The summed E-state index contributed by atoms with van der Waals surface area (Å²) in [6.45, 7) is 3.65. The first-order chi connectivity index (χ1) is 9.38. The van der Waals surface area contributed by atoms with Crippen molar-refractivity contribution in [3.8, 4) is 0 Å². The number of aliphatic hydroxyl groups is 2. The molecule has 5 nitrogen and oxygen atoms in total. The number of likely N-dealkylation sites (tertiary alicyclic amines) is 1. The predicted molar refractivity (Wildman–Crippen MR) is 74.0 cm³/mol. The maximum absolute atomic E-state index is 12.1. The number of nitrogens with zero attached hydrogens (tertiary/aromatic N) is 1. The highest BCUT2D eigenvalue weighted by Gasteiger charge is 2.43. The molecule has 1 aromatic rings. The summed E-state index contributed by atoms with van der Waals surface area (Å²) in [5.41, 5.74) is -0.163. The summed E-state index contributed by atoms with van der Waals surface area (Å²) in [6.07, 6.45) is -0.752. The monoisotopic (exact) mass is 279 g/mol. The van der Waals surface area contributed by atoms with Gasteiger partial charge in [0.05, 0.1) is 24.3 Å². The molecule has 1 amide bonds. The van der Waals surface area contributed by atoms with Crippen LogP contribution >= 0.6 is 0 Å². The molecule has 2 rings (SSSR count). The minimum atomic E-state index is -1.07. The minimum Gasteiger partial charge on any atom is -0.445 e. The summed E-state index contributed by atoms with van der Waals surface area (Å²) in [5, 5.41) is 19.8. The number of benzene rings is 1. The zero-order valence-electron chi connectivity index (χ0n) is 11.8. The molecule has 1 aromatic carbocycles. The van der Waals surface area contributed by atoms with Gasteiger partial charge < -0.3 is 14.9 Å². The van der Waals surface area contributed by atoms with Crippen molar-refractivity contribution in [3.05, 3.63) is 35.9 Å². The fraction of sp³-hybridized carbons (Fsp3) is 0.533. The molecule has 2 N–H and O–H groups in total. The van der Waals surface area contributed by atoms with Gasteiger partial charge in [0, 0.05) is 0 Å². The summed E-state index contributed by atoms with van der Waals surface area (Å²) >= 11 is 0. The highest BCUT2D eigenvalue weighted by atomic mass is 16.6. The number of hydrogen-bond donors (Lipinski definition) is 2. The average molecular weight is 279 g/mol. The van der Waals surface area contributed by atoms with Crippen molar-refractivity contribution in [1.82, 2.24) is 4.90 Å². The Morgan fingerprint density at radius 2 is 2.05 bits per heavy atom. The zero-order valence-corrected chi connectivity index (χ0v) is 11.8. The molecule has 1 aliphatic heterocycles. The first kappa shape index (κ1) is 14.8. The molecule has 0 aliphatic carbocycles. The van der Waals surface area contributed by atoms with Crippen LogP contribution in [0.3, 0.4) is 0 Å². The molecular formula is C15H21NO4. The van der Waals surface area contributed by atoms with Gasteiger partial charge in [-0.3, -0.25) is 4.90 Å². The van der Waals surface area contributed by atoms with Gasteiger partial charge in [0.2, 0.25) is 0 Å². The van der Waals surface area contributed by atoms with E-state index in [0.717, 1.165) is 5.56 Å². The third kappa shape index (κ3) is 3.49. The summed E-state index contributed by atoms with van der Waals surface area (Å²) < 4.78 is 5.25. The molecule has 1 saturated heterocycles. The summed E-state index contributed by atoms with van der Waals surface area (Å²) in [7, 11) is 0. The zero-order chi connectivity index (χ0) is 14.8. The van der Waals surface area contributed by atoms with E-state index in [-0.39, 0.29) is 13.2 Å². The molecule has 0 bridgehead atoms. The van der Waals surface area contributed by atoms with Crippen molar-refractivity contribution in [1.29, 1.82) is 0 Å². The van der Waals surface area contributed by atoms with E-state index in [9.17, 15) is 15.0 Å². The Hall–Kier alpha value is -1.59. The van der Waals surface area contributed by atoms with Gasteiger partial charge in [-0.05, 0) is 25.8 Å². The summed E-state index contributed by atoms with van der Waals surface area (Å²) in [5.74, 6) is 0. The molecule has 20 heavy (non-hydrogen) atoms. The van der Waals surface area contributed by atoms with Gasteiger partial charge in [-0.25, -0.2) is 4.79 Å². The second kappa shape index (κ2) is 5.81. The Kier molecular flexibility index (Phi) is 4.30. The lowest BCUT2D eigenvalue weighted by molar-refractivity contribution is -0.00582. The third-order valence-electron chi connectivity index (χ3n) is 3.53. The SMILES string of the molecule is CC(C)(O)[C@H]1C[C@H](O)CN1C(=O)OCc1ccccc1. The van der Waals surface area contributed by atoms with Crippen molar-refractivity contribution in [2.45, 2.75) is 44.6 Å². The van der Waals surface area contributed by atoms with E-state index in [1.54, 1.807) is 13.8 Å². The van der Waals surface area contributed by atoms with E-state index >= 15 is 0 Å². The number of hydrogen-bond acceptors (Lipinski definition) is 4.